The molecule has 0 aromatic rings. The van der Waals surface area contributed by atoms with Gasteiger partial charge in [-0.2, -0.15) is 0 Å². The largest absolute Gasteiger partial charge is 0.342 e. The van der Waals surface area contributed by atoms with Crippen LogP contribution in [0.4, 0.5) is 0 Å². The van der Waals surface area contributed by atoms with E-state index in [1.54, 1.807) is 0 Å². The summed E-state index contributed by atoms with van der Waals surface area (Å²) in [5.74, 6) is 1.53. The molecule has 1 amide bonds. The third kappa shape index (κ3) is 1.86. The van der Waals surface area contributed by atoms with Crippen LogP contribution in [0.5, 0.6) is 0 Å². The normalized spacial score (nSPS) is 39.9. The molecule has 2 heterocycles. The molecule has 4 nitrogen and oxygen atoms in total. The molecule has 2 saturated heterocycles. The average molecular weight is 251 g/mol. The molecule has 3 N–H and O–H groups in total. The molecular formula is C14H25N3O. The van der Waals surface area contributed by atoms with Crippen molar-refractivity contribution in [2.24, 2.45) is 23.0 Å². The summed E-state index contributed by atoms with van der Waals surface area (Å²) in [4.78, 5) is 15.0. The van der Waals surface area contributed by atoms with Crippen molar-refractivity contribution in [3.05, 3.63) is 0 Å². The lowest BCUT2D eigenvalue weighted by Gasteiger charge is -2.39. The van der Waals surface area contributed by atoms with E-state index < -0.39 is 0 Å². The van der Waals surface area contributed by atoms with E-state index >= 15 is 0 Å². The van der Waals surface area contributed by atoms with E-state index in [1.807, 2.05) is 0 Å². The van der Waals surface area contributed by atoms with Crippen molar-refractivity contribution in [2.75, 3.05) is 32.7 Å². The molecule has 0 bridgehead atoms. The van der Waals surface area contributed by atoms with Crippen molar-refractivity contribution in [3.63, 3.8) is 0 Å². The molecular weight excluding hydrogens is 226 g/mol. The van der Waals surface area contributed by atoms with Crippen LogP contribution in [0.25, 0.3) is 0 Å². The van der Waals surface area contributed by atoms with Gasteiger partial charge in [-0.05, 0) is 44.2 Å². The number of amides is 1. The van der Waals surface area contributed by atoms with Gasteiger partial charge in [-0.15, -0.1) is 0 Å². The summed E-state index contributed by atoms with van der Waals surface area (Å²) in [6, 6.07) is 0. The highest BCUT2D eigenvalue weighted by Crippen LogP contribution is 2.45. The van der Waals surface area contributed by atoms with Crippen LogP contribution < -0.4 is 11.1 Å². The summed E-state index contributed by atoms with van der Waals surface area (Å²) in [5.41, 5.74) is 5.66. The van der Waals surface area contributed by atoms with Crippen LogP contribution in [-0.2, 0) is 4.79 Å². The van der Waals surface area contributed by atoms with E-state index in [0.29, 0.717) is 17.7 Å². The lowest BCUT2D eigenvalue weighted by molar-refractivity contribution is -0.144. The SMILES string of the molecule is NCC1CCN(C(=O)[C@@]23CCCC[C@H]2CNC3)C1. The fourth-order valence-electron chi connectivity index (χ4n) is 4.19. The molecule has 0 radical (unpaired) electrons. The summed E-state index contributed by atoms with van der Waals surface area (Å²) in [7, 11) is 0. The molecule has 1 unspecified atom stereocenters. The van der Waals surface area contributed by atoms with E-state index in [9.17, 15) is 4.79 Å². The fourth-order valence-corrected chi connectivity index (χ4v) is 4.19. The number of carbonyl (C=O) groups is 1. The van der Waals surface area contributed by atoms with Gasteiger partial charge in [0, 0.05) is 19.6 Å². The van der Waals surface area contributed by atoms with Crippen molar-refractivity contribution in [1.82, 2.24) is 10.2 Å². The van der Waals surface area contributed by atoms with Crippen LogP contribution >= 0.6 is 0 Å². The Morgan fingerprint density at radius 2 is 2.28 bits per heavy atom. The maximum Gasteiger partial charge on any atom is 0.230 e. The molecule has 0 aromatic heterocycles. The molecule has 1 saturated carbocycles. The molecule has 4 heteroatoms. The monoisotopic (exact) mass is 251 g/mol. The third-order valence-electron chi connectivity index (χ3n) is 5.37. The van der Waals surface area contributed by atoms with Crippen LogP contribution in [0.1, 0.15) is 32.1 Å². The second-order valence-corrected chi connectivity index (χ2v) is 6.37. The Labute approximate surface area is 109 Å². The predicted octanol–water partition coefficient (Wildman–Crippen LogP) is 0.573. The van der Waals surface area contributed by atoms with Gasteiger partial charge in [0.15, 0.2) is 0 Å². The van der Waals surface area contributed by atoms with Crippen molar-refractivity contribution in [1.29, 1.82) is 0 Å². The summed E-state index contributed by atoms with van der Waals surface area (Å²) in [5, 5.41) is 3.46. The minimum absolute atomic E-state index is 0.0677. The Balaban J connectivity index is 1.74. The molecule has 0 spiro atoms. The summed E-state index contributed by atoms with van der Waals surface area (Å²) >= 11 is 0. The van der Waals surface area contributed by atoms with E-state index in [-0.39, 0.29) is 5.41 Å². The molecule has 3 aliphatic rings. The average Bonchev–Trinajstić information content (AvgIpc) is 3.05. The van der Waals surface area contributed by atoms with E-state index in [2.05, 4.69) is 10.2 Å². The first kappa shape index (κ1) is 12.4. The molecule has 1 aliphatic carbocycles. The van der Waals surface area contributed by atoms with Crippen LogP contribution in [0.15, 0.2) is 0 Å². The standard InChI is InChI=1S/C14H25N3O/c15-7-11-4-6-17(9-11)13(18)14-5-2-1-3-12(14)8-16-10-14/h11-12,16H,1-10,15H2/t11?,12-,14+/m0/s1. The van der Waals surface area contributed by atoms with Crippen LogP contribution in [-0.4, -0.2) is 43.5 Å². The Hall–Kier alpha value is -0.610. The Morgan fingerprint density at radius 3 is 3.06 bits per heavy atom. The highest BCUT2D eigenvalue weighted by atomic mass is 16.2. The number of likely N-dealkylation sites (tertiary alicyclic amines) is 1. The summed E-state index contributed by atoms with van der Waals surface area (Å²) < 4.78 is 0. The molecule has 3 fully saturated rings. The molecule has 2 aliphatic heterocycles. The number of nitrogens with one attached hydrogen (secondary N) is 1. The van der Waals surface area contributed by atoms with Crippen LogP contribution in [0, 0.1) is 17.3 Å². The van der Waals surface area contributed by atoms with E-state index in [4.69, 9.17) is 5.73 Å². The first-order valence-corrected chi connectivity index (χ1v) is 7.46. The second kappa shape index (κ2) is 4.82. The number of hydrogen-bond acceptors (Lipinski definition) is 3. The number of nitrogens with two attached hydrogens (primary N) is 1. The van der Waals surface area contributed by atoms with E-state index in [1.165, 1.54) is 19.3 Å². The predicted molar refractivity (Wildman–Crippen MR) is 71.0 cm³/mol. The van der Waals surface area contributed by atoms with Gasteiger partial charge in [0.25, 0.3) is 0 Å². The van der Waals surface area contributed by atoms with Crippen molar-refractivity contribution < 1.29 is 4.79 Å². The first-order valence-electron chi connectivity index (χ1n) is 7.46. The summed E-state index contributed by atoms with van der Waals surface area (Å²) in [6.07, 6.45) is 5.93. The van der Waals surface area contributed by atoms with Gasteiger partial charge >= 0.3 is 0 Å². The quantitative estimate of drug-likeness (QED) is 0.754. The van der Waals surface area contributed by atoms with Crippen molar-refractivity contribution in [3.8, 4) is 0 Å². The number of fused-ring (bicyclic) bond motifs is 1. The van der Waals surface area contributed by atoms with Crippen LogP contribution in [0.2, 0.25) is 0 Å². The number of carbonyl (C=O) groups excluding carboxylic acids is 1. The lowest BCUT2D eigenvalue weighted by atomic mass is 9.67. The van der Waals surface area contributed by atoms with Gasteiger partial charge < -0.3 is 16.0 Å². The topological polar surface area (TPSA) is 58.4 Å². The zero-order chi connectivity index (χ0) is 12.6. The molecule has 3 rings (SSSR count). The zero-order valence-corrected chi connectivity index (χ0v) is 11.2. The molecule has 0 aromatic carbocycles. The first-order chi connectivity index (χ1) is 8.76. The lowest BCUT2D eigenvalue weighted by Crippen LogP contribution is -2.49. The maximum absolute atomic E-state index is 12.9. The highest BCUT2D eigenvalue weighted by molar-refractivity contribution is 5.84. The van der Waals surface area contributed by atoms with Gasteiger partial charge in [0.1, 0.15) is 0 Å². The minimum Gasteiger partial charge on any atom is -0.342 e. The van der Waals surface area contributed by atoms with Gasteiger partial charge in [-0.25, -0.2) is 0 Å². The van der Waals surface area contributed by atoms with Gasteiger partial charge in [-0.1, -0.05) is 12.8 Å². The van der Waals surface area contributed by atoms with Crippen LogP contribution in [0.3, 0.4) is 0 Å². The maximum atomic E-state index is 12.9. The number of rotatable bonds is 2. The Morgan fingerprint density at radius 1 is 1.39 bits per heavy atom. The van der Waals surface area contributed by atoms with Gasteiger partial charge in [0.05, 0.1) is 5.41 Å². The number of nitrogens with zero attached hydrogens (tertiary/aromatic N) is 1. The second-order valence-electron chi connectivity index (χ2n) is 6.37. The zero-order valence-electron chi connectivity index (χ0n) is 11.2. The molecule has 18 heavy (non-hydrogen) atoms. The smallest absolute Gasteiger partial charge is 0.230 e. The fraction of sp³-hybridized carbons (Fsp3) is 0.929. The molecule has 3 atom stereocenters. The Kier molecular flexibility index (Phi) is 3.32. The van der Waals surface area contributed by atoms with Crippen molar-refractivity contribution >= 4 is 5.91 Å². The molecule has 102 valence electrons. The van der Waals surface area contributed by atoms with Gasteiger partial charge in [0.2, 0.25) is 5.91 Å². The van der Waals surface area contributed by atoms with Gasteiger partial charge in [-0.3, -0.25) is 4.79 Å². The number of hydrogen-bond donors (Lipinski definition) is 2. The third-order valence-corrected chi connectivity index (χ3v) is 5.37. The Bertz CT molecular complexity index is 333. The van der Waals surface area contributed by atoms with Crippen molar-refractivity contribution in [2.45, 2.75) is 32.1 Å². The highest BCUT2D eigenvalue weighted by Gasteiger charge is 2.51. The minimum atomic E-state index is -0.0677. The summed E-state index contributed by atoms with van der Waals surface area (Å²) in [6.45, 7) is 4.48. The van der Waals surface area contributed by atoms with E-state index in [0.717, 1.165) is 45.6 Å².